The van der Waals surface area contributed by atoms with E-state index in [0.29, 0.717) is 6.54 Å². The van der Waals surface area contributed by atoms with Gasteiger partial charge >= 0.3 is 0 Å². The molecule has 42 valence electrons. The molecule has 0 aromatic carbocycles. The van der Waals surface area contributed by atoms with E-state index >= 15 is 0 Å². The van der Waals surface area contributed by atoms with Crippen LogP contribution in [0.4, 0.5) is 0 Å². The van der Waals surface area contributed by atoms with Gasteiger partial charge in [0.25, 0.3) is 0 Å². The zero-order valence-electron chi connectivity index (χ0n) is 4.72. The van der Waals surface area contributed by atoms with Gasteiger partial charge in [-0.25, -0.2) is 0 Å². The molecule has 0 heterocycles. The van der Waals surface area contributed by atoms with E-state index in [1.54, 1.807) is 0 Å². The van der Waals surface area contributed by atoms with Crippen molar-refractivity contribution >= 4 is 6.21 Å². The summed E-state index contributed by atoms with van der Waals surface area (Å²) in [6, 6.07) is 0. The van der Waals surface area contributed by atoms with Crippen LogP contribution in [0, 0.1) is 0 Å². The number of nitrogens with zero attached hydrogens (tertiary/aromatic N) is 1. The molecule has 2 N–H and O–H groups in total. The topological polar surface area (TPSA) is 38.4 Å². The first-order valence-corrected chi connectivity index (χ1v) is 2.60. The van der Waals surface area contributed by atoms with Crippen LogP contribution in [0.2, 0.25) is 0 Å². The highest BCUT2D eigenvalue weighted by atomic mass is 14.7. The quantitative estimate of drug-likeness (QED) is 0.513. The van der Waals surface area contributed by atoms with Gasteiger partial charge in [0.05, 0.1) is 0 Å². The molecule has 0 fully saturated rings. The van der Waals surface area contributed by atoms with E-state index in [1.165, 1.54) is 0 Å². The summed E-state index contributed by atoms with van der Waals surface area (Å²) in [7, 11) is 0. The third kappa shape index (κ3) is 5.63. The highest BCUT2D eigenvalue weighted by Crippen LogP contribution is 1.67. The zero-order valence-corrected chi connectivity index (χ0v) is 4.72. The maximum absolute atomic E-state index is 5.18. The van der Waals surface area contributed by atoms with Crippen LogP contribution in [0.3, 0.4) is 0 Å². The predicted molar refractivity (Wildman–Crippen MR) is 32.7 cm³/mol. The van der Waals surface area contributed by atoms with Gasteiger partial charge in [-0.2, -0.15) is 0 Å². The van der Waals surface area contributed by atoms with E-state index in [2.05, 4.69) is 4.99 Å². The first-order valence-electron chi connectivity index (χ1n) is 2.60. The molecule has 0 aliphatic carbocycles. The summed E-state index contributed by atoms with van der Waals surface area (Å²) < 4.78 is 0. The van der Waals surface area contributed by atoms with Gasteiger partial charge < -0.3 is 5.73 Å². The smallest absolute Gasteiger partial charge is 0.0357 e. The average Bonchev–Trinajstić information content (AvgIpc) is 1.69. The molecular weight excluding hydrogens is 88.1 g/mol. The Morgan fingerprint density at radius 1 is 1.71 bits per heavy atom. The Hall–Kier alpha value is -0.370. The predicted octanol–water partition coefficient (Wildman–Crippen LogP) is 0.426. The fourth-order valence-corrected chi connectivity index (χ4v) is 0.295. The molecule has 0 bridgehead atoms. The van der Waals surface area contributed by atoms with Crippen molar-refractivity contribution in [2.45, 2.75) is 13.3 Å². The second kappa shape index (κ2) is 5.63. The van der Waals surface area contributed by atoms with Gasteiger partial charge in [0.1, 0.15) is 0 Å². The van der Waals surface area contributed by atoms with Gasteiger partial charge in [0, 0.05) is 6.54 Å². The van der Waals surface area contributed by atoms with Crippen LogP contribution in [0.15, 0.2) is 4.99 Å². The molecule has 0 spiro atoms. The highest BCUT2D eigenvalue weighted by molar-refractivity contribution is 5.57. The number of hydrogen-bond donors (Lipinski definition) is 1. The zero-order chi connectivity index (χ0) is 5.54. The van der Waals surface area contributed by atoms with Crippen molar-refractivity contribution in [2.24, 2.45) is 10.7 Å². The standard InChI is InChI=1S/C5H12N2/c1-2-7-5-3-4-6/h5H,2-4,6H2,1H3. The van der Waals surface area contributed by atoms with E-state index < -0.39 is 0 Å². The molecule has 0 radical (unpaired) electrons. The van der Waals surface area contributed by atoms with Crippen LogP contribution in [-0.2, 0) is 0 Å². The van der Waals surface area contributed by atoms with E-state index in [0.717, 1.165) is 13.0 Å². The molecule has 0 saturated carbocycles. The van der Waals surface area contributed by atoms with E-state index in [9.17, 15) is 0 Å². The second-order valence-corrected chi connectivity index (χ2v) is 1.26. The second-order valence-electron chi connectivity index (χ2n) is 1.26. The summed E-state index contributed by atoms with van der Waals surface area (Å²) in [5, 5.41) is 0. The van der Waals surface area contributed by atoms with Gasteiger partial charge in [-0.05, 0) is 26.1 Å². The number of aliphatic imine (C=N–C) groups is 1. The molecule has 0 atom stereocenters. The highest BCUT2D eigenvalue weighted by Gasteiger charge is 1.68. The fourth-order valence-electron chi connectivity index (χ4n) is 0.295. The minimum absolute atomic E-state index is 0.712. The summed E-state index contributed by atoms with van der Waals surface area (Å²) >= 11 is 0. The molecule has 0 rings (SSSR count). The fraction of sp³-hybridized carbons (Fsp3) is 0.800. The van der Waals surface area contributed by atoms with Crippen LogP contribution in [0.1, 0.15) is 13.3 Å². The lowest BCUT2D eigenvalue weighted by atomic mass is 10.5. The molecule has 7 heavy (non-hydrogen) atoms. The SMILES string of the molecule is CCN=CCCN. The summed E-state index contributed by atoms with van der Waals surface area (Å²) in [5.74, 6) is 0. The first-order chi connectivity index (χ1) is 3.41. The number of hydrogen-bond acceptors (Lipinski definition) is 2. The van der Waals surface area contributed by atoms with Crippen molar-refractivity contribution < 1.29 is 0 Å². The molecule has 0 aliphatic heterocycles. The Kier molecular flexibility index (Phi) is 5.33. The van der Waals surface area contributed by atoms with Gasteiger partial charge in [-0.3, -0.25) is 4.99 Å². The lowest BCUT2D eigenvalue weighted by Gasteiger charge is -1.80. The Bertz CT molecular complexity index is 50.0. The van der Waals surface area contributed by atoms with Crippen molar-refractivity contribution in [3.63, 3.8) is 0 Å². The van der Waals surface area contributed by atoms with Crippen LogP contribution in [0.25, 0.3) is 0 Å². The molecule has 0 amide bonds. The Morgan fingerprint density at radius 2 is 2.43 bits per heavy atom. The van der Waals surface area contributed by atoms with Crippen molar-refractivity contribution in [2.75, 3.05) is 13.1 Å². The molecule has 0 aliphatic rings. The Morgan fingerprint density at radius 3 is 2.86 bits per heavy atom. The van der Waals surface area contributed by atoms with Crippen molar-refractivity contribution in [1.82, 2.24) is 0 Å². The van der Waals surface area contributed by atoms with Gasteiger partial charge in [0.2, 0.25) is 0 Å². The minimum atomic E-state index is 0.712. The van der Waals surface area contributed by atoms with Gasteiger partial charge in [-0.1, -0.05) is 0 Å². The molecular formula is C5H12N2. The largest absolute Gasteiger partial charge is 0.330 e. The molecule has 2 heteroatoms. The Balaban J connectivity index is 2.78. The third-order valence-corrected chi connectivity index (χ3v) is 0.607. The average molecular weight is 100 g/mol. The van der Waals surface area contributed by atoms with E-state index in [4.69, 9.17) is 5.73 Å². The first kappa shape index (κ1) is 6.63. The third-order valence-electron chi connectivity index (χ3n) is 0.607. The molecule has 0 aromatic rings. The van der Waals surface area contributed by atoms with Crippen LogP contribution < -0.4 is 5.73 Å². The molecule has 0 unspecified atom stereocenters. The van der Waals surface area contributed by atoms with Crippen molar-refractivity contribution in [3.8, 4) is 0 Å². The lowest BCUT2D eigenvalue weighted by molar-refractivity contribution is 1.04. The maximum atomic E-state index is 5.18. The van der Waals surface area contributed by atoms with Crippen LogP contribution in [-0.4, -0.2) is 19.3 Å². The molecule has 2 nitrogen and oxygen atoms in total. The minimum Gasteiger partial charge on any atom is -0.330 e. The summed E-state index contributed by atoms with van der Waals surface area (Å²) in [4.78, 5) is 3.96. The monoisotopic (exact) mass is 100 g/mol. The van der Waals surface area contributed by atoms with E-state index in [-0.39, 0.29) is 0 Å². The van der Waals surface area contributed by atoms with Crippen molar-refractivity contribution in [3.05, 3.63) is 0 Å². The van der Waals surface area contributed by atoms with Crippen molar-refractivity contribution in [1.29, 1.82) is 0 Å². The normalized spacial score (nSPS) is 10.6. The van der Waals surface area contributed by atoms with Gasteiger partial charge in [-0.15, -0.1) is 0 Å². The number of rotatable bonds is 3. The molecule has 0 aromatic heterocycles. The summed E-state index contributed by atoms with van der Waals surface area (Å²) in [5.41, 5.74) is 5.18. The molecule has 0 saturated heterocycles. The van der Waals surface area contributed by atoms with Crippen LogP contribution in [0.5, 0.6) is 0 Å². The summed E-state index contributed by atoms with van der Waals surface area (Å²) in [6.45, 7) is 3.59. The summed E-state index contributed by atoms with van der Waals surface area (Å²) in [6.07, 6.45) is 2.77. The van der Waals surface area contributed by atoms with Gasteiger partial charge in [0.15, 0.2) is 0 Å². The van der Waals surface area contributed by atoms with E-state index in [1.807, 2.05) is 13.1 Å². The maximum Gasteiger partial charge on any atom is 0.0357 e. The van der Waals surface area contributed by atoms with Crippen LogP contribution >= 0.6 is 0 Å². The lowest BCUT2D eigenvalue weighted by Crippen LogP contribution is -1.98. The number of nitrogens with two attached hydrogens (primary N) is 1. The Labute approximate surface area is 44.4 Å².